The molecule has 2 aromatic carbocycles. The number of carbonyl (C=O) groups excluding carboxylic acids is 2. The van der Waals surface area contributed by atoms with Crippen LogP contribution in [-0.4, -0.2) is 49.6 Å². The molecular weight excluding hydrogens is 416 g/mol. The molecule has 2 aromatic rings. The minimum atomic E-state index is -0.0771. The summed E-state index contributed by atoms with van der Waals surface area (Å²) >= 11 is 6.27. The van der Waals surface area contributed by atoms with Gasteiger partial charge in [-0.3, -0.25) is 9.59 Å². The van der Waals surface area contributed by atoms with Crippen molar-refractivity contribution in [2.24, 2.45) is 0 Å². The Morgan fingerprint density at radius 2 is 1.90 bits per heavy atom. The number of hydrogen-bond acceptors (Lipinski definition) is 4. The van der Waals surface area contributed by atoms with E-state index < -0.39 is 0 Å². The van der Waals surface area contributed by atoms with Crippen molar-refractivity contribution in [3.8, 4) is 11.5 Å². The molecule has 164 valence electrons. The average molecular weight is 443 g/mol. The lowest BCUT2D eigenvalue weighted by atomic mass is 10.0. The summed E-state index contributed by atoms with van der Waals surface area (Å²) in [5.74, 6) is 0.871. The van der Waals surface area contributed by atoms with Crippen molar-refractivity contribution < 1.29 is 19.1 Å². The Bertz CT molecular complexity index is 938. The molecule has 1 heterocycles. The van der Waals surface area contributed by atoms with E-state index in [0.717, 1.165) is 18.4 Å². The van der Waals surface area contributed by atoms with Crippen LogP contribution < -0.4 is 14.8 Å². The van der Waals surface area contributed by atoms with Gasteiger partial charge in [-0.2, -0.15) is 0 Å². The number of methoxy groups -OCH3 is 1. The van der Waals surface area contributed by atoms with E-state index in [-0.39, 0.29) is 17.9 Å². The van der Waals surface area contributed by atoms with Gasteiger partial charge in [-0.25, -0.2) is 0 Å². The number of carbonyl (C=O) groups is 2. The Labute approximate surface area is 187 Å². The largest absolute Gasteiger partial charge is 0.491 e. The van der Waals surface area contributed by atoms with Gasteiger partial charge in [-0.1, -0.05) is 29.8 Å². The Balaban J connectivity index is 1.55. The molecule has 31 heavy (non-hydrogen) atoms. The highest BCUT2D eigenvalue weighted by Gasteiger charge is 2.23. The molecule has 2 amide bonds. The van der Waals surface area contributed by atoms with E-state index in [2.05, 4.69) is 5.32 Å². The summed E-state index contributed by atoms with van der Waals surface area (Å²) in [6.45, 7) is 3.55. The molecule has 7 heteroatoms. The summed E-state index contributed by atoms with van der Waals surface area (Å²) in [5, 5.41) is 3.48. The number of piperidine rings is 1. The fraction of sp³-hybridized carbons (Fsp3) is 0.333. The van der Waals surface area contributed by atoms with E-state index in [1.54, 1.807) is 35.2 Å². The molecule has 3 rings (SSSR count). The summed E-state index contributed by atoms with van der Waals surface area (Å²) in [6, 6.07) is 12.7. The third kappa shape index (κ3) is 6.01. The number of rotatable bonds is 7. The number of ether oxygens (including phenoxy) is 2. The lowest BCUT2D eigenvalue weighted by Gasteiger charge is -2.31. The molecule has 0 aromatic heterocycles. The number of likely N-dealkylation sites (tertiary alicyclic amines) is 1. The Morgan fingerprint density at radius 1 is 1.19 bits per heavy atom. The fourth-order valence-electron chi connectivity index (χ4n) is 3.52. The molecule has 0 aliphatic carbocycles. The summed E-state index contributed by atoms with van der Waals surface area (Å²) in [7, 11) is 1.54. The molecule has 0 saturated carbocycles. The third-order valence-electron chi connectivity index (χ3n) is 5.13. The number of amides is 2. The maximum Gasteiger partial charge on any atom is 0.251 e. The average Bonchev–Trinajstić information content (AvgIpc) is 2.78. The van der Waals surface area contributed by atoms with Crippen LogP contribution in [0.2, 0.25) is 5.02 Å². The molecule has 1 aliphatic heterocycles. The number of benzene rings is 2. The zero-order valence-corrected chi connectivity index (χ0v) is 18.5. The van der Waals surface area contributed by atoms with E-state index >= 15 is 0 Å². The summed E-state index contributed by atoms with van der Waals surface area (Å²) < 4.78 is 10.9. The van der Waals surface area contributed by atoms with Crippen molar-refractivity contribution in [2.45, 2.75) is 25.8 Å². The van der Waals surface area contributed by atoms with Crippen LogP contribution >= 0.6 is 11.6 Å². The second kappa shape index (κ2) is 10.9. The highest BCUT2D eigenvalue weighted by molar-refractivity contribution is 6.32. The van der Waals surface area contributed by atoms with Crippen LogP contribution in [-0.2, 0) is 4.79 Å². The van der Waals surface area contributed by atoms with Gasteiger partial charge < -0.3 is 19.7 Å². The molecule has 1 fully saturated rings. The van der Waals surface area contributed by atoms with E-state index in [4.69, 9.17) is 21.1 Å². The number of nitrogens with one attached hydrogen (secondary N) is 1. The lowest BCUT2D eigenvalue weighted by Crippen LogP contribution is -2.46. The first-order valence-corrected chi connectivity index (χ1v) is 10.7. The van der Waals surface area contributed by atoms with Crippen molar-refractivity contribution >= 4 is 29.5 Å². The highest BCUT2D eigenvalue weighted by atomic mass is 35.5. The topological polar surface area (TPSA) is 67.9 Å². The maximum atomic E-state index is 12.6. The predicted octanol–water partition coefficient (Wildman–Crippen LogP) is 4.18. The van der Waals surface area contributed by atoms with Crippen molar-refractivity contribution in [3.05, 3.63) is 64.7 Å². The van der Waals surface area contributed by atoms with Gasteiger partial charge in [0.15, 0.2) is 11.5 Å². The molecule has 1 saturated heterocycles. The fourth-order valence-corrected chi connectivity index (χ4v) is 3.82. The van der Waals surface area contributed by atoms with Crippen LogP contribution in [0.15, 0.2) is 48.5 Å². The van der Waals surface area contributed by atoms with Crippen molar-refractivity contribution in [1.82, 2.24) is 10.2 Å². The molecule has 1 aliphatic rings. The molecule has 6 nitrogen and oxygen atoms in total. The van der Waals surface area contributed by atoms with E-state index in [0.29, 0.717) is 41.8 Å². The monoisotopic (exact) mass is 442 g/mol. The SMILES string of the molecule is CCOc1cc(/C=C/C(=O)N2CCC(NC(=O)c3ccccc3)CC2)cc(Cl)c1OC. The Kier molecular flexibility index (Phi) is 7.95. The van der Waals surface area contributed by atoms with Crippen LogP contribution in [0.25, 0.3) is 6.08 Å². The minimum absolute atomic E-state index is 0.0647. The third-order valence-corrected chi connectivity index (χ3v) is 5.41. The van der Waals surface area contributed by atoms with Gasteiger partial charge in [0.2, 0.25) is 5.91 Å². The maximum absolute atomic E-state index is 12.6. The van der Waals surface area contributed by atoms with E-state index in [1.165, 1.54) is 13.2 Å². The van der Waals surface area contributed by atoms with E-state index in [1.807, 2.05) is 25.1 Å². The molecular formula is C24H27ClN2O4. The van der Waals surface area contributed by atoms with Gasteiger partial charge in [-0.15, -0.1) is 0 Å². The van der Waals surface area contributed by atoms with Crippen LogP contribution in [0.5, 0.6) is 11.5 Å². The van der Waals surface area contributed by atoms with Crippen LogP contribution in [0.4, 0.5) is 0 Å². The van der Waals surface area contributed by atoms with Crippen LogP contribution in [0.1, 0.15) is 35.7 Å². The van der Waals surface area contributed by atoms with Crippen molar-refractivity contribution in [3.63, 3.8) is 0 Å². The second-order valence-corrected chi connectivity index (χ2v) is 7.65. The first-order chi connectivity index (χ1) is 15.0. The Morgan fingerprint density at radius 3 is 2.55 bits per heavy atom. The molecule has 0 atom stereocenters. The van der Waals surface area contributed by atoms with Gasteiger partial charge in [-0.05, 0) is 55.7 Å². The summed E-state index contributed by atoms with van der Waals surface area (Å²) in [4.78, 5) is 26.7. The number of hydrogen-bond donors (Lipinski definition) is 1. The zero-order valence-electron chi connectivity index (χ0n) is 17.8. The van der Waals surface area contributed by atoms with Gasteiger partial charge in [0, 0.05) is 30.8 Å². The van der Waals surface area contributed by atoms with Gasteiger partial charge in [0.1, 0.15) is 0 Å². The summed E-state index contributed by atoms with van der Waals surface area (Å²) in [5.41, 5.74) is 1.40. The second-order valence-electron chi connectivity index (χ2n) is 7.24. The van der Waals surface area contributed by atoms with Gasteiger partial charge in [0.25, 0.3) is 5.91 Å². The molecule has 0 radical (unpaired) electrons. The molecule has 1 N–H and O–H groups in total. The van der Waals surface area contributed by atoms with Crippen LogP contribution in [0, 0.1) is 0 Å². The smallest absolute Gasteiger partial charge is 0.251 e. The molecule has 0 spiro atoms. The standard InChI is InChI=1S/C24H27ClN2O4/c1-3-31-21-16-17(15-20(25)23(21)30-2)9-10-22(28)27-13-11-19(12-14-27)26-24(29)18-7-5-4-6-8-18/h4-10,15-16,19H,3,11-14H2,1-2H3,(H,26,29)/b10-9+. The van der Waals surface area contributed by atoms with Crippen molar-refractivity contribution in [2.75, 3.05) is 26.8 Å². The lowest BCUT2D eigenvalue weighted by molar-refractivity contribution is -0.126. The molecule has 0 unspecified atom stereocenters. The quantitative estimate of drug-likeness (QED) is 0.653. The molecule has 0 bridgehead atoms. The minimum Gasteiger partial charge on any atom is -0.491 e. The zero-order chi connectivity index (χ0) is 22.2. The van der Waals surface area contributed by atoms with Gasteiger partial charge in [0.05, 0.1) is 18.7 Å². The summed E-state index contributed by atoms with van der Waals surface area (Å²) in [6.07, 6.45) is 4.71. The first kappa shape index (κ1) is 22.7. The highest BCUT2D eigenvalue weighted by Crippen LogP contribution is 2.36. The Hall–Kier alpha value is -2.99. The van der Waals surface area contributed by atoms with Crippen LogP contribution in [0.3, 0.4) is 0 Å². The number of nitrogens with zero attached hydrogens (tertiary/aromatic N) is 1. The number of halogens is 1. The van der Waals surface area contributed by atoms with E-state index in [9.17, 15) is 9.59 Å². The predicted molar refractivity (Wildman–Crippen MR) is 122 cm³/mol. The normalized spacial score (nSPS) is 14.5. The van der Waals surface area contributed by atoms with Gasteiger partial charge >= 0.3 is 0 Å². The van der Waals surface area contributed by atoms with Crippen molar-refractivity contribution in [1.29, 1.82) is 0 Å². The first-order valence-electron chi connectivity index (χ1n) is 10.3.